The van der Waals surface area contributed by atoms with Crippen LogP contribution in [0.3, 0.4) is 0 Å². The largest absolute Gasteiger partial charge is 0.496 e. The molecule has 0 fully saturated rings. The van der Waals surface area contributed by atoms with E-state index >= 15 is 0 Å². The number of benzene rings is 1. The number of aromatic nitrogens is 1. The van der Waals surface area contributed by atoms with Crippen molar-refractivity contribution in [1.29, 1.82) is 0 Å². The second-order valence-corrected chi connectivity index (χ2v) is 5.66. The lowest BCUT2D eigenvalue weighted by Gasteiger charge is -2.17. The van der Waals surface area contributed by atoms with Gasteiger partial charge in [0, 0.05) is 51.1 Å². The molecule has 0 saturated heterocycles. The summed E-state index contributed by atoms with van der Waals surface area (Å²) in [5.41, 5.74) is 2.29. The van der Waals surface area contributed by atoms with Gasteiger partial charge >= 0.3 is 0 Å². The number of nitrogens with zero attached hydrogens (tertiary/aromatic N) is 2. The summed E-state index contributed by atoms with van der Waals surface area (Å²) < 4.78 is 5.32. The van der Waals surface area contributed by atoms with E-state index in [0.717, 1.165) is 24.3 Å². The average molecular weight is 327 g/mol. The van der Waals surface area contributed by atoms with Crippen LogP contribution in [0.4, 0.5) is 0 Å². The molecule has 1 N–H and O–H groups in total. The first-order valence-corrected chi connectivity index (χ1v) is 8.16. The molecule has 2 rings (SSSR count). The summed E-state index contributed by atoms with van der Waals surface area (Å²) in [6, 6.07) is 11.9. The van der Waals surface area contributed by atoms with E-state index in [4.69, 9.17) is 4.74 Å². The Morgan fingerprint density at radius 2 is 1.96 bits per heavy atom. The van der Waals surface area contributed by atoms with Crippen LogP contribution in [0.1, 0.15) is 17.5 Å². The fourth-order valence-corrected chi connectivity index (χ4v) is 2.43. The highest BCUT2D eigenvalue weighted by Crippen LogP contribution is 2.16. The molecular weight excluding hydrogens is 302 g/mol. The van der Waals surface area contributed by atoms with Crippen molar-refractivity contribution in [3.8, 4) is 5.75 Å². The van der Waals surface area contributed by atoms with Gasteiger partial charge in [-0.15, -0.1) is 0 Å². The minimum Gasteiger partial charge on any atom is -0.496 e. The number of hydrogen-bond acceptors (Lipinski definition) is 4. The molecule has 0 bridgehead atoms. The van der Waals surface area contributed by atoms with Gasteiger partial charge < -0.3 is 15.0 Å². The summed E-state index contributed by atoms with van der Waals surface area (Å²) in [6.07, 6.45) is 4.89. The van der Waals surface area contributed by atoms with Crippen molar-refractivity contribution in [2.75, 3.05) is 27.2 Å². The molecule has 0 aliphatic carbocycles. The number of methoxy groups -OCH3 is 1. The first-order chi connectivity index (χ1) is 11.7. The van der Waals surface area contributed by atoms with Crippen LogP contribution in [0.5, 0.6) is 5.75 Å². The Morgan fingerprint density at radius 1 is 1.21 bits per heavy atom. The number of hydrogen-bond donors (Lipinski definition) is 1. The minimum absolute atomic E-state index is 0.150. The van der Waals surface area contributed by atoms with Crippen LogP contribution in [-0.2, 0) is 17.8 Å². The van der Waals surface area contributed by atoms with Crippen molar-refractivity contribution in [3.05, 3.63) is 59.9 Å². The number of ether oxygens (including phenoxy) is 1. The van der Waals surface area contributed by atoms with Crippen molar-refractivity contribution in [3.63, 3.8) is 0 Å². The second-order valence-electron chi connectivity index (χ2n) is 5.66. The van der Waals surface area contributed by atoms with Crippen LogP contribution in [0, 0.1) is 0 Å². The van der Waals surface area contributed by atoms with Crippen LogP contribution >= 0.6 is 0 Å². The quantitative estimate of drug-likeness (QED) is 0.718. The maximum atomic E-state index is 12.1. The van der Waals surface area contributed by atoms with E-state index in [9.17, 15) is 4.79 Å². The normalized spacial score (nSPS) is 10.4. The Kier molecular flexibility index (Phi) is 7.23. The SMILES string of the molecule is COc1ccccc1CNCCC(=O)N(C)CCc1ccncc1. The molecule has 24 heavy (non-hydrogen) atoms. The van der Waals surface area contributed by atoms with Gasteiger partial charge in [-0.3, -0.25) is 9.78 Å². The molecule has 1 amide bonds. The highest BCUT2D eigenvalue weighted by molar-refractivity contribution is 5.76. The number of para-hydroxylation sites is 1. The number of likely N-dealkylation sites (N-methyl/N-ethyl adjacent to an activating group) is 1. The van der Waals surface area contributed by atoms with E-state index in [1.165, 1.54) is 5.56 Å². The monoisotopic (exact) mass is 327 g/mol. The van der Waals surface area contributed by atoms with E-state index < -0.39 is 0 Å². The summed E-state index contributed by atoms with van der Waals surface area (Å²) in [5.74, 6) is 1.02. The van der Waals surface area contributed by atoms with Crippen molar-refractivity contribution in [2.24, 2.45) is 0 Å². The van der Waals surface area contributed by atoms with E-state index in [0.29, 0.717) is 19.5 Å². The first kappa shape index (κ1) is 17.9. The third-order valence-electron chi connectivity index (χ3n) is 3.93. The van der Waals surface area contributed by atoms with E-state index in [1.807, 2.05) is 43.4 Å². The zero-order valence-corrected chi connectivity index (χ0v) is 14.4. The van der Waals surface area contributed by atoms with Crippen LogP contribution in [0.25, 0.3) is 0 Å². The van der Waals surface area contributed by atoms with Gasteiger partial charge in [0.1, 0.15) is 5.75 Å². The fraction of sp³-hybridized carbons (Fsp3) is 0.368. The molecule has 1 aromatic carbocycles. The molecule has 0 spiro atoms. The molecule has 0 unspecified atom stereocenters. The number of nitrogens with one attached hydrogen (secondary N) is 1. The van der Waals surface area contributed by atoms with Gasteiger partial charge in [0.2, 0.25) is 5.91 Å². The predicted molar refractivity (Wildman–Crippen MR) is 94.9 cm³/mol. The summed E-state index contributed by atoms with van der Waals surface area (Å²) in [7, 11) is 3.52. The van der Waals surface area contributed by atoms with Crippen molar-refractivity contribution < 1.29 is 9.53 Å². The topological polar surface area (TPSA) is 54.5 Å². The number of pyridine rings is 1. The zero-order valence-electron chi connectivity index (χ0n) is 14.4. The molecule has 0 radical (unpaired) electrons. The molecule has 2 aromatic rings. The Hall–Kier alpha value is -2.40. The summed E-state index contributed by atoms with van der Waals surface area (Å²) >= 11 is 0. The van der Waals surface area contributed by atoms with E-state index in [1.54, 1.807) is 24.4 Å². The summed E-state index contributed by atoms with van der Waals surface area (Å²) in [5, 5.41) is 3.30. The number of carbonyl (C=O) groups excluding carboxylic acids is 1. The first-order valence-electron chi connectivity index (χ1n) is 8.16. The van der Waals surface area contributed by atoms with Crippen LogP contribution in [0.2, 0.25) is 0 Å². The van der Waals surface area contributed by atoms with Gasteiger partial charge in [0.25, 0.3) is 0 Å². The smallest absolute Gasteiger partial charge is 0.223 e. The summed E-state index contributed by atoms with van der Waals surface area (Å²) in [4.78, 5) is 17.9. The Bertz CT molecular complexity index is 632. The lowest BCUT2D eigenvalue weighted by Crippen LogP contribution is -2.31. The predicted octanol–water partition coefficient (Wildman–Crippen LogP) is 2.27. The van der Waals surface area contributed by atoms with E-state index in [-0.39, 0.29) is 5.91 Å². The Labute approximate surface area is 143 Å². The van der Waals surface area contributed by atoms with Gasteiger partial charge in [-0.1, -0.05) is 18.2 Å². The van der Waals surface area contributed by atoms with Gasteiger partial charge in [0.15, 0.2) is 0 Å². The molecule has 0 aliphatic heterocycles. The third kappa shape index (κ3) is 5.66. The van der Waals surface area contributed by atoms with Crippen molar-refractivity contribution in [1.82, 2.24) is 15.2 Å². The minimum atomic E-state index is 0.150. The molecule has 0 aliphatic rings. The highest BCUT2D eigenvalue weighted by Gasteiger charge is 2.08. The van der Waals surface area contributed by atoms with Crippen molar-refractivity contribution in [2.45, 2.75) is 19.4 Å². The number of carbonyl (C=O) groups is 1. The lowest BCUT2D eigenvalue weighted by molar-refractivity contribution is -0.129. The number of amides is 1. The maximum Gasteiger partial charge on any atom is 0.223 e. The van der Waals surface area contributed by atoms with Crippen LogP contribution in [0.15, 0.2) is 48.8 Å². The molecule has 128 valence electrons. The third-order valence-corrected chi connectivity index (χ3v) is 3.93. The van der Waals surface area contributed by atoms with Crippen molar-refractivity contribution >= 4 is 5.91 Å². The molecule has 1 aromatic heterocycles. The molecule has 5 nitrogen and oxygen atoms in total. The molecule has 0 atom stereocenters. The van der Waals surface area contributed by atoms with Gasteiger partial charge in [-0.2, -0.15) is 0 Å². The van der Waals surface area contributed by atoms with Crippen LogP contribution in [-0.4, -0.2) is 43.0 Å². The summed E-state index contributed by atoms with van der Waals surface area (Å²) in [6.45, 7) is 2.06. The Balaban J connectivity index is 1.67. The molecule has 5 heteroatoms. The molecule has 0 saturated carbocycles. The highest BCUT2D eigenvalue weighted by atomic mass is 16.5. The number of rotatable bonds is 9. The molecule has 1 heterocycles. The fourth-order valence-electron chi connectivity index (χ4n) is 2.43. The Morgan fingerprint density at radius 3 is 2.71 bits per heavy atom. The lowest BCUT2D eigenvalue weighted by atomic mass is 10.2. The average Bonchev–Trinajstić information content (AvgIpc) is 2.64. The standard InChI is InChI=1S/C19H25N3O2/c1-22(14-10-16-7-11-20-12-8-16)19(23)9-13-21-15-17-5-3-4-6-18(17)24-2/h3-8,11-12,21H,9-10,13-15H2,1-2H3. The van der Waals surface area contributed by atoms with E-state index in [2.05, 4.69) is 10.3 Å². The van der Waals surface area contributed by atoms with Gasteiger partial charge in [-0.05, 0) is 30.2 Å². The molecular formula is C19H25N3O2. The maximum absolute atomic E-state index is 12.1. The second kappa shape index (κ2) is 9.67. The zero-order chi connectivity index (χ0) is 17.2. The van der Waals surface area contributed by atoms with Gasteiger partial charge in [0.05, 0.1) is 7.11 Å². The van der Waals surface area contributed by atoms with Crippen LogP contribution < -0.4 is 10.1 Å². The van der Waals surface area contributed by atoms with Gasteiger partial charge in [-0.25, -0.2) is 0 Å².